The summed E-state index contributed by atoms with van der Waals surface area (Å²) in [5.74, 6) is 0. The van der Waals surface area contributed by atoms with Crippen molar-refractivity contribution in [3.63, 3.8) is 0 Å². The predicted molar refractivity (Wildman–Crippen MR) is 55.2 cm³/mol. The first kappa shape index (κ1) is 12.6. The molecule has 0 saturated carbocycles. The summed E-state index contributed by atoms with van der Waals surface area (Å²) in [4.78, 5) is 0.254. The van der Waals surface area contributed by atoms with Crippen molar-refractivity contribution in [1.82, 2.24) is 0 Å². The minimum Gasteiger partial charge on any atom is -0.331 e. The van der Waals surface area contributed by atoms with Gasteiger partial charge in [0.1, 0.15) is 0 Å². The van der Waals surface area contributed by atoms with Crippen molar-refractivity contribution < 1.29 is 8.76 Å². The van der Waals surface area contributed by atoms with E-state index in [1.54, 1.807) is 18.2 Å². The van der Waals surface area contributed by atoms with Crippen LogP contribution in [0.1, 0.15) is 6.92 Å². The van der Waals surface area contributed by atoms with Gasteiger partial charge in [-0.2, -0.15) is 0 Å². The van der Waals surface area contributed by atoms with Crippen LogP contribution in [0.15, 0.2) is 29.2 Å². The number of benzene rings is 1. The molecular formula is C8H12ClNO2S. The highest BCUT2D eigenvalue weighted by Gasteiger charge is 2.02. The van der Waals surface area contributed by atoms with Crippen LogP contribution >= 0.6 is 11.6 Å². The fourth-order valence-electron chi connectivity index (χ4n) is 0.586. The van der Waals surface area contributed by atoms with Crippen LogP contribution in [0.2, 0.25) is 5.02 Å². The van der Waals surface area contributed by atoms with Crippen molar-refractivity contribution in [3.05, 3.63) is 29.3 Å². The molecule has 0 heterocycles. The monoisotopic (exact) mass is 221 g/mol. The van der Waals surface area contributed by atoms with Crippen LogP contribution in [0, 0.1) is 0 Å². The molecule has 1 rings (SSSR count). The van der Waals surface area contributed by atoms with Gasteiger partial charge < -0.3 is 10.3 Å². The van der Waals surface area contributed by atoms with Gasteiger partial charge in [-0.05, 0) is 18.7 Å². The van der Waals surface area contributed by atoms with Crippen LogP contribution in [0.5, 0.6) is 0 Å². The van der Waals surface area contributed by atoms with Gasteiger partial charge in [-0.1, -0.05) is 30.7 Å². The van der Waals surface area contributed by atoms with E-state index in [4.69, 9.17) is 21.9 Å². The second-order valence-electron chi connectivity index (χ2n) is 2.09. The molecule has 0 amide bonds. The molecule has 74 valence electrons. The van der Waals surface area contributed by atoms with Gasteiger partial charge in [-0.3, -0.25) is 0 Å². The first-order valence-electron chi connectivity index (χ1n) is 3.69. The third-order valence-corrected chi connectivity index (χ3v) is 2.20. The van der Waals surface area contributed by atoms with E-state index in [2.05, 4.69) is 0 Å². The Kier molecular flexibility index (Phi) is 6.80. The normalized spacial score (nSPS) is 11.4. The molecule has 0 aliphatic rings. The quantitative estimate of drug-likeness (QED) is 0.712. The summed E-state index contributed by atoms with van der Waals surface area (Å²) in [5, 5.41) is 0.323. The van der Waals surface area contributed by atoms with Crippen LogP contribution in [0.25, 0.3) is 0 Å². The van der Waals surface area contributed by atoms with E-state index < -0.39 is 11.1 Å². The molecule has 0 fully saturated rings. The van der Waals surface area contributed by atoms with E-state index in [1.807, 2.05) is 6.92 Å². The molecule has 3 N–H and O–H groups in total. The van der Waals surface area contributed by atoms with E-state index in [9.17, 15) is 4.21 Å². The molecule has 0 aliphatic carbocycles. The molecule has 1 unspecified atom stereocenters. The summed E-state index contributed by atoms with van der Waals surface area (Å²) in [5.41, 5.74) is 4.85. The zero-order chi connectivity index (χ0) is 10.3. The molecule has 0 saturated heterocycles. The van der Waals surface area contributed by atoms with Crippen molar-refractivity contribution in [2.24, 2.45) is 5.73 Å². The fraction of sp³-hybridized carbons (Fsp3) is 0.250. The Hall–Kier alpha value is -0.420. The van der Waals surface area contributed by atoms with Crippen LogP contribution in [-0.2, 0) is 11.1 Å². The van der Waals surface area contributed by atoms with Gasteiger partial charge in [0.25, 0.3) is 0 Å². The van der Waals surface area contributed by atoms with Gasteiger partial charge in [-0.15, -0.1) is 0 Å². The van der Waals surface area contributed by atoms with Crippen LogP contribution in [0.3, 0.4) is 0 Å². The summed E-state index contributed by atoms with van der Waals surface area (Å²) in [7, 11) is 0. The van der Waals surface area contributed by atoms with Crippen LogP contribution in [-0.4, -0.2) is 15.3 Å². The van der Waals surface area contributed by atoms with Gasteiger partial charge in [-0.25, -0.2) is 4.21 Å². The second kappa shape index (κ2) is 7.03. The minimum atomic E-state index is -1.97. The van der Waals surface area contributed by atoms with Gasteiger partial charge >= 0.3 is 0 Å². The summed E-state index contributed by atoms with van der Waals surface area (Å²) in [6, 6.07) is 6.46. The largest absolute Gasteiger partial charge is 0.331 e. The highest BCUT2D eigenvalue weighted by molar-refractivity contribution is 7.79. The molecule has 0 bridgehead atoms. The summed E-state index contributed by atoms with van der Waals surface area (Å²) < 4.78 is 19.0. The van der Waals surface area contributed by atoms with E-state index in [1.165, 1.54) is 6.07 Å². The lowest BCUT2D eigenvalue weighted by atomic mass is 10.4. The molecule has 13 heavy (non-hydrogen) atoms. The molecule has 0 aliphatic heterocycles. The molecule has 0 aromatic heterocycles. The Labute approximate surface area is 85.2 Å². The average Bonchev–Trinajstić information content (AvgIpc) is 2.06. The molecule has 0 radical (unpaired) electrons. The Balaban J connectivity index is 0.000000424. The zero-order valence-corrected chi connectivity index (χ0v) is 8.81. The lowest BCUT2D eigenvalue weighted by molar-refractivity contribution is 0.564. The van der Waals surface area contributed by atoms with Gasteiger partial charge in [0.15, 0.2) is 11.1 Å². The maximum Gasteiger partial charge on any atom is 0.188 e. The third kappa shape index (κ3) is 5.00. The highest BCUT2D eigenvalue weighted by Crippen LogP contribution is 2.16. The van der Waals surface area contributed by atoms with Gasteiger partial charge in [0.2, 0.25) is 0 Å². The molecule has 1 aromatic carbocycles. The third-order valence-electron chi connectivity index (χ3n) is 1.02. The van der Waals surface area contributed by atoms with Crippen molar-refractivity contribution in [2.75, 3.05) is 6.54 Å². The Morgan fingerprint density at radius 3 is 2.31 bits per heavy atom. The van der Waals surface area contributed by atoms with Crippen LogP contribution < -0.4 is 5.73 Å². The van der Waals surface area contributed by atoms with Crippen LogP contribution in [0.4, 0.5) is 0 Å². The molecule has 1 atom stereocenters. The number of nitrogens with two attached hydrogens (primary N) is 1. The molecule has 5 heteroatoms. The number of hydrogen-bond donors (Lipinski definition) is 2. The Morgan fingerprint density at radius 1 is 1.54 bits per heavy atom. The molecular weight excluding hydrogens is 210 g/mol. The highest BCUT2D eigenvalue weighted by atomic mass is 35.5. The maximum absolute atomic E-state index is 10.4. The summed E-state index contributed by atoms with van der Waals surface area (Å²) >= 11 is 3.59. The minimum absolute atomic E-state index is 0.254. The summed E-state index contributed by atoms with van der Waals surface area (Å²) in [6.07, 6.45) is 0. The SMILES string of the molecule is CCN.O=S(O)c1ccccc1Cl. The van der Waals surface area contributed by atoms with E-state index in [0.29, 0.717) is 5.02 Å². The number of hydrogen-bond acceptors (Lipinski definition) is 2. The average molecular weight is 222 g/mol. The lowest BCUT2D eigenvalue weighted by Gasteiger charge is -1.95. The first-order valence-corrected chi connectivity index (χ1v) is 5.17. The van der Waals surface area contributed by atoms with E-state index in [0.717, 1.165) is 6.54 Å². The topological polar surface area (TPSA) is 63.3 Å². The lowest BCUT2D eigenvalue weighted by Crippen LogP contribution is -1.87. The van der Waals surface area contributed by atoms with Crippen molar-refractivity contribution >= 4 is 22.7 Å². The second-order valence-corrected chi connectivity index (χ2v) is 3.43. The van der Waals surface area contributed by atoms with Crippen molar-refractivity contribution in [3.8, 4) is 0 Å². The van der Waals surface area contributed by atoms with Gasteiger partial charge in [0.05, 0.1) is 9.92 Å². The first-order chi connectivity index (χ1) is 6.13. The van der Waals surface area contributed by atoms with Crippen molar-refractivity contribution in [2.45, 2.75) is 11.8 Å². The Morgan fingerprint density at radius 2 is 2.00 bits per heavy atom. The number of halogens is 1. The van der Waals surface area contributed by atoms with Gasteiger partial charge in [0, 0.05) is 0 Å². The molecule has 3 nitrogen and oxygen atoms in total. The summed E-state index contributed by atoms with van der Waals surface area (Å²) in [6.45, 7) is 2.65. The van der Waals surface area contributed by atoms with E-state index in [-0.39, 0.29) is 4.90 Å². The molecule has 0 spiro atoms. The van der Waals surface area contributed by atoms with Crippen molar-refractivity contribution in [1.29, 1.82) is 0 Å². The smallest absolute Gasteiger partial charge is 0.188 e. The fourth-order valence-corrected chi connectivity index (χ4v) is 1.35. The predicted octanol–water partition coefficient (Wildman–Crippen LogP) is 1.89. The number of rotatable bonds is 1. The zero-order valence-electron chi connectivity index (χ0n) is 7.24. The standard InChI is InChI=1S/C6H5ClO2S.C2H7N/c7-5-3-1-2-4-6(5)10(8)9;1-2-3/h1-4H,(H,8,9);2-3H2,1H3. The molecule has 1 aromatic rings. The Bertz CT molecular complexity index is 281. The maximum atomic E-state index is 10.4. The van der Waals surface area contributed by atoms with E-state index >= 15 is 0 Å².